The highest BCUT2D eigenvalue weighted by Crippen LogP contribution is 2.36. The molecule has 2 aliphatic heterocycles. The van der Waals surface area contributed by atoms with E-state index in [9.17, 15) is 4.79 Å². The molecule has 0 saturated heterocycles. The number of aryl methyl sites for hydroxylation is 4. The number of hydrogen-bond acceptors (Lipinski definition) is 2. The number of benzene rings is 4. The van der Waals surface area contributed by atoms with Crippen LogP contribution in [0.2, 0.25) is 0 Å². The van der Waals surface area contributed by atoms with Crippen LogP contribution < -0.4 is 10.2 Å². The molecule has 0 saturated carbocycles. The van der Waals surface area contributed by atoms with Gasteiger partial charge in [0.15, 0.2) is 0 Å². The highest BCUT2D eigenvalue weighted by Gasteiger charge is 2.24. The van der Waals surface area contributed by atoms with Crippen LogP contribution in [0.15, 0.2) is 97.1 Å². The zero-order chi connectivity index (χ0) is 24.0. The van der Waals surface area contributed by atoms with Gasteiger partial charge in [-0.2, -0.15) is 0 Å². The maximum Gasteiger partial charge on any atom is 0.232 e. The Bertz CT molecular complexity index is 1240. The normalized spacial score (nSPS) is 13.3. The molecule has 1 amide bonds. The summed E-state index contributed by atoms with van der Waals surface area (Å²) in [6.45, 7) is 0. The van der Waals surface area contributed by atoms with Crippen molar-refractivity contribution in [2.24, 2.45) is 0 Å². The largest absolute Gasteiger partial charge is 0.355 e. The number of carbonyl (C=O) groups excluding carboxylic acids is 1. The first-order valence-electron chi connectivity index (χ1n) is 12.2. The molecule has 0 radical (unpaired) electrons. The van der Waals surface area contributed by atoms with Gasteiger partial charge in [0.1, 0.15) is 0 Å². The third kappa shape index (κ3) is 5.11. The SMILES string of the molecule is O=C(CCCl)N1c2ccccc2CCc2ccccc21.c1ccc2c(c1)CCc1ccccc1N2. The Hall–Kier alpha value is -3.56. The molecule has 4 heteroatoms. The molecule has 0 atom stereocenters. The van der Waals surface area contributed by atoms with E-state index in [1.54, 1.807) is 0 Å². The second-order valence-corrected chi connectivity index (χ2v) is 9.24. The van der Waals surface area contributed by atoms with E-state index < -0.39 is 0 Å². The Balaban J connectivity index is 0.000000151. The third-order valence-electron chi connectivity index (χ3n) is 6.65. The van der Waals surface area contributed by atoms with E-state index >= 15 is 0 Å². The van der Waals surface area contributed by atoms with Gasteiger partial charge in [0.2, 0.25) is 5.91 Å². The first kappa shape index (κ1) is 23.2. The van der Waals surface area contributed by atoms with Crippen molar-refractivity contribution >= 4 is 40.3 Å². The van der Waals surface area contributed by atoms with Crippen molar-refractivity contribution in [3.05, 3.63) is 119 Å². The maximum absolute atomic E-state index is 12.5. The van der Waals surface area contributed by atoms with Gasteiger partial charge >= 0.3 is 0 Å². The highest BCUT2D eigenvalue weighted by molar-refractivity contribution is 6.19. The maximum atomic E-state index is 12.5. The van der Waals surface area contributed by atoms with Crippen LogP contribution >= 0.6 is 11.6 Å². The Kier molecular flexibility index (Phi) is 7.15. The summed E-state index contributed by atoms with van der Waals surface area (Å²) in [5, 5.41) is 3.50. The van der Waals surface area contributed by atoms with Crippen molar-refractivity contribution in [2.45, 2.75) is 32.1 Å². The fourth-order valence-corrected chi connectivity index (χ4v) is 5.04. The Morgan fingerprint density at radius 2 is 1.03 bits per heavy atom. The van der Waals surface area contributed by atoms with Crippen molar-refractivity contribution in [3.63, 3.8) is 0 Å². The Morgan fingerprint density at radius 1 is 0.629 bits per heavy atom. The van der Waals surface area contributed by atoms with Gasteiger partial charge in [-0.1, -0.05) is 72.8 Å². The average molecular weight is 481 g/mol. The number of carbonyl (C=O) groups is 1. The lowest BCUT2D eigenvalue weighted by Gasteiger charge is -2.24. The molecule has 0 unspecified atom stereocenters. The Labute approximate surface area is 212 Å². The van der Waals surface area contributed by atoms with E-state index in [0.717, 1.165) is 37.1 Å². The van der Waals surface area contributed by atoms with Crippen LogP contribution in [0.1, 0.15) is 28.7 Å². The molecule has 2 aliphatic rings. The zero-order valence-electron chi connectivity index (χ0n) is 19.7. The number of rotatable bonds is 2. The van der Waals surface area contributed by atoms with Crippen molar-refractivity contribution in [1.82, 2.24) is 0 Å². The predicted octanol–water partition coefficient (Wildman–Crippen LogP) is 7.61. The van der Waals surface area contributed by atoms with Gasteiger partial charge in [-0.05, 0) is 72.2 Å². The predicted molar refractivity (Wildman–Crippen MR) is 146 cm³/mol. The van der Waals surface area contributed by atoms with Gasteiger partial charge in [-0.3, -0.25) is 9.69 Å². The standard InChI is InChI=1S/C17H16ClNO.C14H13N/c18-12-11-17(20)19-15-7-3-1-5-13(15)9-10-14-6-2-4-8-16(14)19;1-3-7-13-11(5-1)9-10-12-6-2-4-8-14(12)15-13/h1-8H,9-12H2;1-8,15H,9-10H2. The Morgan fingerprint density at radius 3 is 1.51 bits per heavy atom. The number of anilines is 4. The van der Waals surface area contributed by atoms with E-state index in [-0.39, 0.29) is 5.91 Å². The number of nitrogens with zero attached hydrogens (tertiary/aromatic N) is 1. The number of para-hydroxylation sites is 4. The number of halogens is 1. The minimum atomic E-state index is 0.0572. The van der Waals surface area contributed by atoms with Gasteiger partial charge < -0.3 is 5.32 Å². The third-order valence-corrected chi connectivity index (χ3v) is 6.84. The summed E-state index contributed by atoms with van der Waals surface area (Å²) in [5.74, 6) is 0.404. The first-order chi connectivity index (χ1) is 17.2. The van der Waals surface area contributed by atoms with Gasteiger partial charge in [0.05, 0.1) is 11.4 Å². The molecular formula is C31H29ClN2O. The molecular weight excluding hydrogens is 452 g/mol. The second-order valence-electron chi connectivity index (χ2n) is 8.86. The van der Waals surface area contributed by atoms with Crippen LogP contribution in [0, 0.1) is 0 Å². The highest BCUT2D eigenvalue weighted by atomic mass is 35.5. The average Bonchev–Trinajstić information content (AvgIpc) is 3.19. The lowest BCUT2D eigenvalue weighted by atomic mass is 10.0. The number of fused-ring (bicyclic) bond motifs is 4. The second kappa shape index (κ2) is 10.8. The molecule has 3 nitrogen and oxygen atoms in total. The molecule has 0 aliphatic carbocycles. The fourth-order valence-electron chi connectivity index (χ4n) is 4.88. The molecule has 176 valence electrons. The van der Waals surface area contributed by atoms with Crippen LogP contribution in [-0.4, -0.2) is 11.8 Å². The lowest BCUT2D eigenvalue weighted by Crippen LogP contribution is -2.26. The molecule has 4 aromatic rings. The van der Waals surface area contributed by atoms with Gasteiger partial charge in [0.25, 0.3) is 0 Å². The summed E-state index contributed by atoms with van der Waals surface area (Å²) < 4.78 is 0. The summed E-state index contributed by atoms with van der Waals surface area (Å²) in [5.41, 5.74) is 9.74. The number of nitrogens with one attached hydrogen (secondary N) is 1. The molecule has 0 fully saturated rings. The van der Waals surface area contributed by atoms with Crippen molar-refractivity contribution in [3.8, 4) is 0 Å². The molecule has 1 N–H and O–H groups in total. The molecule has 35 heavy (non-hydrogen) atoms. The molecule has 2 heterocycles. The van der Waals surface area contributed by atoms with Gasteiger partial charge in [-0.25, -0.2) is 0 Å². The molecule has 0 aromatic heterocycles. The summed E-state index contributed by atoms with van der Waals surface area (Å²) in [6.07, 6.45) is 4.51. The quantitative estimate of drug-likeness (QED) is 0.299. The van der Waals surface area contributed by atoms with Crippen LogP contribution in [0.4, 0.5) is 22.7 Å². The number of alkyl halides is 1. The summed E-state index contributed by atoms with van der Waals surface area (Å²) in [6, 6.07) is 33.3. The minimum absolute atomic E-state index is 0.0572. The number of hydrogen-bond donors (Lipinski definition) is 1. The van der Waals surface area contributed by atoms with Crippen molar-refractivity contribution in [2.75, 3.05) is 16.1 Å². The molecule has 4 aromatic carbocycles. The van der Waals surface area contributed by atoms with Crippen molar-refractivity contribution in [1.29, 1.82) is 0 Å². The van der Waals surface area contributed by atoms with Gasteiger partial charge in [-0.15, -0.1) is 11.6 Å². The fraction of sp³-hybridized carbons (Fsp3) is 0.194. The lowest BCUT2D eigenvalue weighted by molar-refractivity contribution is -0.117. The van der Waals surface area contributed by atoms with E-state index in [1.165, 1.54) is 33.6 Å². The van der Waals surface area contributed by atoms with Crippen LogP contribution in [-0.2, 0) is 30.5 Å². The number of amides is 1. The smallest absolute Gasteiger partial charge is 0.232 e. The summed E-state index contributed by atoms with van der Waals surface area (Å²) >= 11 is 5.76. The van der Waals surface area contributed by atoms with Crippen LogP contribution in [0.5, 0.6) is 0 Å². The molecule has 6 rings (SSSR count). The minimum Gasteiger partial charge on any atom is -0.355 e. The topological polar surface area (TPSA) is 32.3 Å². The first-order valence-corrected chi connectivity index (χ1v) is 12.8. The van der Waals surface area contributed by atoms with E-state index in [4.69, 9.17) is 11.6 Å². The van der Waals surface area contributed by atoms with E-state index in [1.807, 2.05) is 41.3 Å². The monoisotopic (exact) mass is 480 g/mol. The summed E-state index contributed by atoms with van der Waals surface area (Å²) in [4.78, 5) is 14.4. The zero-order valence-corrected chi connectivity index (χ0v) is 20.5. The molecule has 0 spiro atoms. The van der Waals surface area contributed by atoms with Gasteiger partial charge in [0, 0.05) is 23.7 Å². The summed E-state index contributed by atoms with van der Waals surface area (Å²) in [7, 11) is 0. The molecule has 0 bridgehead atoms. The van der Waals surface area contributed by atoms with E-state index in [2.05, 4.69) is 66.0 Å². The van der Waals surface area contributed by atoms with Crippen LogP contribution in [0.3, 0.4) is 0 Å². The van der Waals surface area contributed by atoms with Crippen molar-refractivity contribution < 1.29 is 4.79 Å². The van der Waals surface area contributed by atoms with Crippen LogP contribution in [0.25, 0.3) is 0 Å². The van der Waals surface area contributed by atoms with E-state index in [0.29, 0.717) is 12.3 Å².